The van der Waals surface area contributed by atoms with Crippen molar-refractivity contribution in [3.8, 4) is 0 Å². The molecule has 2 N–H and O–H groups in total. The highest BCUT2D eigenvalue weighted by Crippen LogP contribution is 2.24. The minimum Gasteiger partial charge on any atom is -0.361 e. The van der Waals surface area contributed by atoms with Crippen molar-refractivity contribution in [2.75, 3.05) is 17.2 Å². The number of hydrogen-bond donors (Lipinski definition) is 2. The summed E-state index contributed by atoms with van der Waals surface area (Å²) in [6.07, 6.45) is 4.11. The summed E-state index contributed by atoms with van der Waals surface area (Å²) in [6.45, 7) is 6.72. The van der Waals surface area contributed by atoms with E-state index in [1.165, 1.54) is 6.20 Å². The van der Waals surface area contributed by atoms with Crippen LogP contribution < -0.4 is 10.6 Å². The third kappa shape index (κ3) is 4.35. The molecule has 1 unspecified atom stereocenters. The van der Waals surface area contributed by atoms with E-state index < -0.39 is 4.92 Å². The summed E-state index contributed by atoms with van der Waals surface area (Å²) >= 11 is 0. The Morgan fingerprint density at radius 1 is 1.42 bits per heavy atom. The molecule has 0 saturated carbocycles. The Morgan fingerprint density at radius 3 is 2.68 bits per heavy atom. The van der Waals surface area contributed by atoms with Gasteiger partial charge in [-0.15, -0.1) is 0 Å². The highest BCUT2D eigenvalue weighted by Gasteiger charge is 2.19. The van der Waals surface area contributed by atoms with E-state index in [-0.39, 0.29) is 17.5 Å². The van der Waals surface area contributed by atoms with Gasteiger partial charge in [-0.2, -0.15) is 4.98 Å². The number of rotatable bonds is 8. The molecule has 0 aromatic carbocycles. The quantitative estimate of drug-likeness (QED) is 0.555. The largest absolute Gasteiger partial charge is 0.361 e. The van der Waals surface area contributed by atoms with Crippen LogP contribution in [0.4, 0.5) is 17.5 Å². The highest BCUT2D eigenvalue weighted by molar-refractivity contribution is 5.57. The lowest BCUT2D eigenvalue weighted by Crippen LogP contribution is -2.20. The minimum absolute atomic E-state index is 0.0868. The van der Waals surface area contributed by atoms with Crippen molar-refractivity contribution >= 4 is 17.5 Å². The summed E-state index contributed by atoms with van der Waals surface area (Å²) in [4.78, 5) is 18.6. The van der Waals surface area contributed by atoms with Crippen LogP contribution in [-0.4, -0.2) is 27.5 Å². The van der Waals surface area contributed by atoms with E-state index in [1.807, 2.05) is 13.8 Å². The molecule has 0 bridgehead atoms. The van der Waals surface area contributed by atoms with Gasteiger partial charge < -0.3 is 10.6 Å². The number of nitro groups is 1. The van der Waals surface area contributed by atoms with E-state index in [9.17, 15) is 10.1 Å². The van der Waals surface area contributed by atoms with Crippen LogP contribution in [0.3, 0.4) is 0 Å². The van der Waals surface area contributed by atoms with E-state index >= 15 is 0 Å². The van der Waals surface area contributed by atoms with Crippen molar-refractivity contribution in [2.45, 2.75) is 46.1 Å². The maximum atomic E-state index is 11.0. The lowest BCUT2D eigenvalue weighted by Gasteiger charge is -2.16. The van der Waals surface area contributed by atoms with Crippen LogP contribution >= 0.6 is 0 Å². The first kappa shape index (κ1) is 15.1. The monoisotopic (exact) mass is 267 g/mol. The van der Waals surface area contributed by atoms with Gasteiger partial charge in [-0.1, -0.05) is 20.3 Å². The molecule has 1 aromatic rings. The molecule has 7 nitrogen and oxygen atoms in total. The van der Waals surface area contributed by atoms with Gasteiger partial charge in [-0.25, -0.2) is 4.98 Å². The Morgan fingerprint density at radius 2 is 2.16 bits per heavy atom. The number of nitrogens with one attached hydrogen (secondary N) is 2. The summed E-state index contributed by atoms with van der Waals surface area (Å²) in [5.41, 5.74) is -0.0868. The summed E-state index contributed by atoms with van der Waals surface area (Å²) in [5, 5.41) is 17.1. The summed E-state index contributed by atoms with van der Waals surface area (Å²) in [5.74, 6) is 0.693. The van der Waals surface area contributed by atoms with Gasteiger partial charge in [0.25, 0.3) is 0 Å². The van der Waals surface area contributed by atoms with Crippen LogP contribution in [0.1, 0.15) is 40.0 Å². The van der Waals surface area contributed by atoms with E-state index in [1.54, 1.807) is 0 Å². The summed E-state index contributed by atoms with van der Waals surface area (Å²) in [7, 11) is 0. The molecule has 106 valence electrons. The molecule has 19 heavy (non-hydrogen) atoms. The normalized spacial score (nSPS) is 11.9. The number of nitrogens with zero attached hydrogens (tertiary/aromatic N) is 3. The van der Waals surface area contributed by atoms with Gasteiger partial charge in [0.2, 0.25) is 11.8 Å². The highest BCUT2D eigenvalue weighted by atomic mass is 16.6. The SMILES string of the molecule is CCCC(CC)Nc1nc(NCC)ncc1[N+](=O)[O-]. The van der Waals surface area contributed by atoms with Gasteiger partial charge in [0, 0.05) is 12.6 Å². The van der Waals surface area contributed by atoms with Crippen LogP contribution in [0.15, 0.2) is 6.20 Å². The predicted octanol–water partition coefficient (Wildman–Crippen LogP) is 2.81. The molecule has 0 spiro atoms. The average Bonchev–Trinajstić information content (AvgIpc) is 2.38. The van der Waals surface area contributed by atoms with Gasteiger partial charge in [0.1, 0.15) is 6.20 Å². The van der Waals surface area contributed by atoms with Gasteiger partial charge in [-0.3, -0.25) is 10.1 Å². The molecule has 0 saturated heterocycles. The fourth-order valence-corrected chi connectivity index (χ4v) is 1.78. The molecule has 0 amide bonds. The van der Waals surface area contributed by atoms with Gasteiger partial charge in [-0.05, 0) is 19.8 Å². The zero-order chi connectivity index (χ0) is 14.3. The molecule has 0 radical (unpaired) electrons. The second-order valence-electron chi connectivity index (χ2n) is 4.25. The molecule has 0 fully saturated rings. The second-order valence-corrected chi connectivity index (χ2v) is 4.25. The predicted molar refractivity (Wildman–Crippen MR) is 75.5 cm³/mol. The minimum atomic E-state index is -0.462. The topological polar surface area (TPSA) is 93.0 Å². The Bertz CT molecular complexity index is 425. The number of anilines is 2. The lowest BCUT2D eigenvalue weighted by molar-refractivity contribution is -0.384. The Kier molecular flexibility index (Phi) is 5.98. The van der Waals surface area contributed by atoms with Gasteiger partial charge in [0.15, 0.2) is 0 Å². The molecule has 1 atom stereocenters. The van der Waals surface area contributed by atoms with Crippen LogP contribution in [-0.2, 0) is 0 Å². The zero-order valence-corrected chi connectivity index (χ0v) is 11.6. The van der Waals surface area contributed by atoms with Crippen molar-refractivity contribution < 1.29 is 4.92 Å². The Hall–Kier alpha value is -1.92. The van der Waals surface area contributed by atoms with Crippen LogP contribution in [0.25, 0.3) is 0 Å². The molecule has 0 aliphatic carbocycles. The van der Waals surface area contributed by atoms with E-state index in [0.717, 1.165) is 19.3 Å². The Balaban J connectivity index is 2.99. The summed E-state index contributed by atoms with van der Waals surface area (Å²) < 4.78 is 0. The third-order valence-corrected chi connectivity index (χ3v) is 2.77. The van der Waals surface area contributed by atoms with Gasteiger partial charge in [0.05, 0.1) is 4.92 Å². The molecule has 1 aromatic heterocycles. The summed E-state index contributed by atoms with van der Waals surface area (Å²) in [6, 6.07) is 0.188. The molecule has 1 rings (SSSR count). The first-order chi connectivity index (χ1) is 9.12. The van der Waals surface area contributed by atoms with Crippen LogP contribution in [0, 0.1) is 10.1 Å². The van der Waals surface area contributed by atoms with Crippen molar-refractivity contribution in [3.63, 3.8) is 0 Å². The van der Waals surface area contributed by atoms with Crippen molar-refractivity contribution in [3.05, 3.63) is 16.3 Å². The molecule has 1 heterocycles. The third-order valence-electron chi connectivity index (χ3n) is 2.77. The first-order valence-electron chi connectivity index (χ1n) is 6.64. The van der Waals surface area contributed by atoms with Crippen molar-refractivity contribution in [2.24, 2.45) is 0 Å². The van der Waals surface area contributed by atoms with E-state index in [0.29, 0.717) is 12.5 Å². The molecular weight excluding hydrogens is 246 g/mol. The lowest BCUT2D eigenvalue weighted by atomic mass is 10.1. The van der Waals surface area contributed by atoms with E-state index in [2.05, 4.69) is 27.5 Å². The molecular formula is C12H21N5O2. The maximum Gasteiger partial charge on any atom is 0.329 e. The number of hydrogen-bond acceptors (Lipinski definition) is 6. The fraction of sp³-hybridized carbons (Fsp3) is 0.667. The zero-order valence-electron chi connectivity index (χ0n) is 11.6. The van der Waals surface area contributed by atoms with Crippen LogP contribution in [0.2, 0.25) is 0 Å². The van der Waals surface area contributed by atoms with Crippen molar-refractivity contribution in [1.29, 1.82) is 0 Å². The second kappa shape index (κ2) is 7.50. The standard InChI is InChI=1S/C12H21N5O2/c1-4-7-9(5-2)15-11-10(17(18)19)8-14-12(16-11)13-6-3/h8-9H,4-7H2,1-3H3,(H2,13,14,15,16). The van der Waals surface area contributed by atoms with Crippen molar-refractivity contribution in [1.82, 2.24) is 9.97 Å². The fourth-order valence-electron chi connectivity index (χ4n) is 1.78. The smallest absolute Gasteiger partial charge is 0.329 e. The molecule has 7 heteroatoms. The first-order valence-corrected chi connectivity index (χ1v) is 6.64. The van der Waals surface area contributed by atoms with Crippen LogP contribution in [0.5, 0.6) is 0 Å². The number of aromatic nitrogens is 2. The van der Waals surface area contributed by atoms with Gasteiger partial charge >= 0.3 is 5.69 Å². The average molecular weight is 267 g/mol. The maximum absolute atomic E-state index is 11.0. The molecule has 0 aliphatic heterocycles. The van der Waals surface area contributed by atoms with E-state index in [4.69, 9.17) is 0 Å². The molecule has 0 aliphatic rings. The Labute approximate surface area is 113 Å².